The van der Waals surface area contributed by atoms with Crippen LogP contribution >= 0.6 is 0 Å². The van der Waals surface area contributed by atoms with Crippen molar-refractivity contribution in [3.8, 4) is 0 Å². The van der Waals surface area contributed by atoms with Crippen molar-refractivity contribution in [2.75, 3.05) is 6.54 Å². The minimum Gasteiger partial charge on any atom is -0.352 e. The summed E-state index contributed by atoms with van der Waals surface area (Å²) in [5.74, 6) is -0.687. The zero-order chi connectivity index (χ0) is 16.9. The van der Waals surface area contributed by atoms with Gasteiger partial charge in [0.1, 0.15) is 11.3 Å². The van der Waals surface area contributed by atoms with E-state index < -0.39 is 23.3 Å². The summed E-state index contributed by atoms with van der Waals surface area (Å²) in [6.45, 7) is 0.328. The van der Waals surface area contributed by atoms with Crippen molar-refractivity contribution in [2.45, 2.75) is 19.0 Å². The van der Waals surface area contributed by atoms with Crippen molar-refractivity contribution in [3.63, 3.8) is 0 Å². The fourth-order valence-electron chi connectivity index (χ4n) is 2.05. The molecule has 4 nitrogen and oxygen atoms in total. The van der Waals surface area contributed by atoms with Gasteiger partial charge in [-0.1, -0.05) is 30.3 Å². The Morgan fingerprint density at radius 1 is 1.09 bits per heavy atom. The van der Waals surface area contributed by atoms with E-state index in [1.165, 1.54) is 0 Å². The zero-order valence-corrected chi connectivity index (χ0v) is 12.1. The third-order valence-corrected chi connectivity index (χ3v) is 3.23. The van der Waals surface area contributed by atoms with Crippen LogP contribution in [-0.4, -0.2) is 17.4 Å². The van der Waals surface area contributed by atoms with E-state index in [1.807, 2.05) is 30.3 Å². The van der Waals surface area contributed by atoms with Crippen LogP contribution in [0.1, 0.15) is 28.0 Å². The Balaban J connectivity index is 1.90. The smallest absolute Gasteiger partial charge is 0.352 e. The summed E-state index contributed by atoms with van der Waals surface area (Å²) < 4.78 is 37.3. The summed E-state index contributed by atoms with van der Waals surface area (Å²) in [7, 11) is 0. The van der Waals surface area contributed by atoms with E-state index in [0.717, 1.165) is 18.1 Å². The Kier molecular flexibility index (Phi) is 5.20. The zero-order valence-electron chi connectivity index (χ0n) is 12.1. The molecule has 0 fully saturated rings. The van der Waals surface area contributed by atoms with Crippen LogP contribution < -0.4 is 10.9 Å². The van der Waals surface area contributed by atoms with Gasteiger partial charge in [-0.25, -0.2) is 0 Å². The fraction of sp³-hybridized carbons (Fsp3) is 0.250. The van der Waals surface area contributed by atoms with Crippen molar-refractivity contribution < 1.29 is 18.0 Å². The minimum absolute atomic E-state index is 0.328. The lowest BCUT2D eigenvalue weighted by Gasteiger charge is -2.08. The van der Waals surface area contributed by atoms with Crippen molar-refractivity contribution in [2.24, 2.45) is 0 Å². The summed E-state index contributed by atoms with van der Waals surface area (Å²) in [5.41, 5.74) is -1.45. The average molecular weight is 324 g/mol. The molecule has 0 aliphatic carbocycles. The molecule has 1 aromatic carbocycles. The van der Waals surface area contributed by atoms with Gasteiger partial charge in [-0.15, -0.1) is 0 Å². The van der Waals surface area contributed by atoms with Gasteiger partial charge in [0.05, 0.1) is 0 Å². The molecule has 1 aromatic heterocycles. The molecule has 1 amide bonds. The first kappa shape index (κ1) is 16.8. The summed E-state index contributed by atoms with van der Waals surface area (Å²) in [6.07, 6.45) is -3.23. The third-order valence-electron chi connectivity index (χ3n) is 3.23. The van der Waals surface area contributed by atoms with Crippen LogP contribution in [0, 0.1) is 0 Å². The van der Waals surface area contributed by atoms with Gasteiger partial charge in [0, 0.05) is 6.54 Å². The molecule has 2 rings (SSSR count). The number of nitrogens with one attached hydrogen (secondary N) is 2. The highest BCUT2D eigenvalue weighted by molar-refractivity contribution is 5.93. The first-order valence-corrected chi connectivity index (χ1v) is 7.00. The van der Waals surface area contributed by atoms with Gasteiger partial charge in [-0.3, -0.25) is 9.59 Å². The number of hydrogen-bond acceptors (Lipinski definition) is 2. The van der Waals surface area contributed by atoms with E-state index in [2.05, 4.69) is 5.32 Å². The molecule has 0 saturated carbocycles. The molecule has 0 saturated heterocycles. The lowest BCUT2D eigenvalue weighted by atomic mass is 10.1. The van der Waals surface area contributed by atoms with Crippen LogP contribution in [0.15, 0.2) is 47.3 Å². The second kappa shape index (κ2) is 7.13. The van der Waals surface area contributed by atoms with Crippen LogP contribution in [0.2, 0.25) is 0 Å². The number of aryl methyl sites for hydroxylation is 1. The van der Waals surface area contributed by atoms with Gasteiger partial charge in [0.25, 0.3) is 11.5 Å². The maximum Gasteiger partial charge on any atom is 0.431 e. The van der Waals surface area contributed by atoms with Gasteiger partial charge in [-0.05, 0) is 30.5 Å². The molecule has 0 unspecified atom stereocenters. The first-order valence-electron chi connectivity index (χ1n) is 7.00. The normalized spacial score (nSPS) is 11.3. The van der Waals surface area contributed by atoms with Gasteiger partial charge < -0.3 is 10.3 Å². The number of rotatable bonds is 5. The van der Waals surface area contributed by atoms with Gasteiger partial charge in [0.15, 0.2) is 0 Å². The Morgan fingerprint density at radius 3 is 2.39 bits per heavy atom. The topological polar surface area (TPSA) is 62.0 Å². The highest BCUT2D eigenvalue weighted by Gasteiger charge is 2.32. The molecule has 7 heteroatoms. The van der Waals surface area contributed by atoms with Crippen molar-refractivity contribution >= 4 is 5.91 Å². The quantitative estimate of drug-likeness (QED) is 0.831. The van der Waals surface area contributed by atoms with E-state index in [-0.39, 0.29) is 5.56 Å². The molecule has 0 aliphatic heterocycles. The molecule has 1 heterocycles. The van der Waals surface area contributed by atoms with Crippen molar-refractivity contribution in [1.82, 2.24) is 10.3 Å². The maximum absolute atomic E-state index is 12.4. The molecular weight excluding hydrogens is 309 g/mol. The second-order valence-electron chi connectivity index (χ2n) is 4.96. The molecule has 2 N–H and O–H groups in total. The third kappa shape index (κ3) is 4.70. The van der Waals surface area contributed by atoms with Crippen LogP contribution in [0.4, 0.5) is 13.2 Å². The fourth-order valence-corrected chi connectivity index (χ4v) is 2.05. The lowest BCUT2D eigenvalue weighted by Crippen LogP contribution is -2.31. The predicted octanol–water partition coefficient (Wildman–Crippen LogP) is 2.76. The molecule has 0 bridgehead atoms. The maximum atomic E-state index is 12.4. The van der Waals surface area contributed by atoms with Crippen molar-refractivity contribution in [3.05, 3.63) is 69.6 Å². The van der Waals surface area contributed by atoms with Crippen LogP contribution in [-0.2, 0) is 12.6 Å². The van der Waals surface area contributed by atoms with Crippen molar-refractivity contribution in [1.29, 1.82) is 0 Å². The molecule has 122 valence electrons. The number of aromatic amines is 1. The monoisotopic (exact) mass is 324 g/mol. The number of aromatic nitrogens is 1. The minimum atomic E-state index is -4.65. The molecule has 2 aromatic rings. The highest BCUT2D eigenvalue weighted by Crippen LogP contribution is 2.26. The van der Waals surface area contributed by atoms with Gasteiger partial charge >= 0.3 is 6.18 Å². The number of hydrogen-bond donors (Lipinski definition) is 2. The van der Waals surface area contributed by atoms with Crippen LogP contribution in [0.3, 0.4) is 0 Å². The van der Waals surface area contributed by atoms with E-state index in [4.69, 9.17) is 0 Å². The summed E-state index contributed by atoms with van der Waals surface area (Å²) in [5, 5.41) is 2.53. The Hall–Kier alpha value is -2.57. The van der Waals surface area contributed by atoms with E-state index in [1.54, 1.807) is 4.98 Å². The number of halogens is 3. The average Bonchev–Trinajstić information content (AvgIpc) is 2.51. The summed E-state index contributed by atoms with van der Waals surface area (Å²) in [6, 6.07) is 11.2. The SMILES string of the molecule is O=C(NCCCc1ccccc1)c1ccc(C(F)(F)F)[nH]c1=O. The first-order chi connectivity index (χ1) is 10.9. The number of pyridine rings is 1. The van der Waals surface area contributed by atoms with Crippen LogP contribution in [0.5, 0.6) is 0 Å². The Bertz CT molecular complexity index is 724. The number of benzene rings is 1. The number of alkyl halides is 3. The summed E-state index contributed by atoms with van der Waals surface area (Å²) in [4.78, 5) is 25.1. The molecule has 23 heavy (non-hydrogen) atoms. The van der Waals surface area contributed by atoms with E-state index in [9.17, 15) is 22.8 Å². The van der Waals surface area contributed by atoms with Gasteiger partial charge in [0.2, 0.25) is 0 Å². The number of carbonyl (C=O) groups excluding carboxylic acids is 1. The standard InChI is InChI=1S/C16H15F3N2O2/c17-16(18,19)13-9-8-12(15(23)21-13)14(22)20-10-4-7-11-5-2-1-3-6-11/h1-3,5-6,8-9H,4,7,10H2,(H,20,22)(H,21,23). The van der Waals surface area contributed by atoms with Crippen LogP contribution in [0.25, 0.3) is 0 Å². The second-order valence-corrected chi connectivity index (χ2v) is 4.96. The number of H-pyrrole nitrogens is 1. The Labute approximate surface area is 130 Å². The molecule has 0 atom stereocenters. The Morgan fingerprint density at radius 2 is 1.78 bits per heavy atom. The van der Waals surface area contributed by atoms with E-state index >= 15 is 0 Å². The van der Waals surface area contributed by atoms with E-state index in [0.29, 0.717) is 19.0 Å². The largest absolute Gasteiger partial charge is 0.431 e. The predicted molar refractivity (Wildman–Crippen MR) is 79.2 cm³/mol. The van der Waals surface area contributed by atoms with Gasteiger partial charge in [-0.2, -0.15) is 13.2 Å². The highest BCUT2D eigenvalue weighted by atomic mass is 19.4. The molecule has 0 aliphatic rings. The number of amides is 1. The lowest BCUT2D eigenvalue weighted by molar-refractivity contribution is -0.141. The number of carbonyl (C=O) groups is 1. The summed E-state index contributed by atoms with van der Waals surface area (Å²) >= 11 is 0. The molecule has 0 radical (unpaired) electrons. The molecular formula is C16H15F3N2O2. The molecule has 0 spiro atoms.